The molecule has 3 amide bonds. The van der Waals surface area contributed by atoms with Crippen molar-refractivity contribution in [3.05, 3.63) is 15.6 Å². The van der Waals surface area contributed by atoms with Gasteiger partial charge in [0.05, 0.1) is 17.2 Å². The van der Waals surface area contributed by atoms with Crippen molar-refractivity contribution in [2.45, 2.75) is 39.7 Å². The Balaban J connectivity index is 1.88. The summed E-state index contributed by atoms with van der Waals surface area (Å²) in [5, 5.41) is 7.02. The molecule has 1 fully saturated rings. The lowest BCUT2D eigenvalue weighted by Crippen LogP contribution is -2.37. The first-order chi connectivity index (χ1) is 9.90. The SMILES string of the molecule is Cc1nc(C(C)C)sc1[C@H](C)NCCN1C(=O)CNC1=O. The summed E-state index contributed by atoms with van der Waals surface area (Å²) < 4.78 is 0. The maximum atomic E-state index is 11.5. The van der Waals surface area contributed by atoms with Crippen molar-refractivity contribution < 1.29 is 9.59 Å². The molecule has 116 valence electrons. The van der Waals surface area contributed by atoms with Crippen molar-refractivity contribution in [3.63, 3.8) is 0 Å². The third kappa shape index (κ3) is 3.59. The fourth-order valence-electron chi connectivity index (χ4n) is 2.25. The van der Waals surface area contributed by atoms with Gasteiger partial charge < -0.3 is 10.6 Å². The molecule has 0 aromatic carbocycles. The summed E-state index contributed by atoms with van der Waals surface area (Å²) in [5.74, 6) is 0.270. The molecule has 0 bridgehead atoms. The standard InChI is InChI=1S/C14H22N4O2S/c1-8(2)13-17-10(4)12(21-13)9(3)15-5-6-18-11(19)7-16-14(18)20/h8-9,15H,5-7H2,1-4H3,(H,16,20)/t9-/m0/s1. The molecule has 2 rings (SSSR count). The number of amides is 3. The summed E-state index contributed by atoms with van der Waals surface area (Å²) in [6.07, 6.45) is 0. The smallest absolute Gasteiger partial charge is 0.324 e. The number of aromatic nitrogens is 1. The average Bonchev–Trinajstić information content (AvgIpc) is 2.95. The molecule has 0 saturated carbocycles. The second-order valence-corrected chi connectivity index (χ2v) is 6.60. The van der Waals surface area contributed by atoms with Crippen LogP contribution in [0.1, 0.15) is 48.3 Å². The largest absolute Gasteiger partial charge is 0.329 e. The molecule has 6 nitrogen and oxygen atoms in total. The Labute approximate surface area is 128 Å². The minimum absolute atomic E-state index is 0.111. The van der Waals surface area contributed by atoms with Gasteiger partial charge in [0.25, 0.3) is 0 Å². The number of imide groups is 1. The molecular formula is C14H22N4O2S. The minimum Gasteiger partial charge on any atom is -0.329 e. The lowest BCUT2D eigenvalue weighted by atomic mass is 10.2. The minimum atomic E-state index is -0.300. The first kappa shape index (κ1) is 15.9. The lowest BCUT2D eigenvalue weighted by Gasteiger charge is -2.16. The van der Waals surface area contributed by atoms with Gasteiger partial charge in [-0.2, -0.15) is 0 Å². The third-order valence-electron chi connectivity index (χ3n) is 3.46. The molecule has 0 spiro atoms. The van der Waals surface area contributed by atoms with E-state index < -0.39 is 0 Å². The molecular weight excluding hydrogens is 288 g/mol. The summed E-state index contributed by atoms with van der Waals surface area (Å²) in [5.41, 5.74) is 1.05. The number of aryl methyl sites for hydroxylation is 1. The van der Waals surface area contributed by atoms with Gasteiger partial charge in [-0.15, -0.1) is 11.3 Å². The number of hydrogen-bond acceptors (Lipinski definition) is 5. The van der Waals surface area contributed by atoms with Crippen molar-refractivity contribution in [2.75, 3.05) is 19.6 Å². The number of hydrogen-bond donors (Lipinski definition) is 2. The van der Waals surface area contributed by atoms with Crippen LogP contribution in [0.4, 0.5) is 4.79 Å². The third-order valence-corrected chi connectivity index (χ3v) is 5.10. The molecule has 7 heteroatoms. The fourth-order valence-corrected chi connectivity index (χ4v) is 3.34. The summed E-state index contributed by atoms with van der Waals surface area (Å²) in [7, 11) is 0. The van der Waals surface area contributed by atoms with Gasteiger partial charge in [-0.25, -0.2) is 9.78 Å². The van der Waals surface area contributed by atoms with Crippen LogP contribution in [0, 0.1) is 6.92 Å². The van der Waals surface area contributed by atoms with Crippen LogP contribution in [-0.4, -0.2) is 41.5 Å². The first-order valence-electron chi connectivity index (χ1n) is 7.19. The first-order valence-corrected chi connectivity index (χ1v) is 8.00. The van der Waals surface area contributed by atoms with E-state index in [1.807, 2.05) is 6.92 Å². The van der Waals surface area contributed by atoms with Gasteiger partial charge in [0.2, 0.25) is 5.91 Å². The molecule has 21 heavy (non-hydrogen) atoms. The predicted octanol–water partition coefficient (Wildman–Crippen LogP) is 1.78. The summed E-state index contributed by atoms with van der Waals surface area (Å²) >= 11 is 1.73. The number of rotatable bonds is 6. The summed E-state index contributed by atoms with van der Waals surface area (Å²) in [6.45, 7) is 9.46. The van der Waals surface area contributed by atoms with Gasteiger partial charge in [-0.1, -0.05) is 13.8 Å². The van der Waals surface area contributed by atoms with E-state index in [-0.39, 0.29) is 24.5 Å². The van der Waals surface area contributed by atoms with Crippen LogP contribution >= 0.6 is 11.3 Å². The monoisotopic (exact) mass is 310 g/mol. The second-order valence-electron chi connectivity index (χ2n) is 5.54. The number of thiazole rings is 1. The predicted molar refractivity (Wildman–Crippen MR) is 82.5 cm³/mol. The van der Waals surface area contributed by atoms with Crippen molar-refractivity contribution in [1.29, 1.82) is 0 Å². The van der Waals surface area contributed by atoms with Crippen LogP contribution < -0.4 is 10.6 Å². The summed E-state index contributed by atoms with van der Waals surface area (Å²) in [6, 6.07) is -0.138. The van der Waals surface area contributed by atoms with E-state index in [9.17, 15) is 9.59 Å². The van der Waals surface area contributed by atoms with E-state index in [2.05, 4.69) is 36.4 Å². The van der Waals surface area contributed by atoms with Gasteiger partial charge in [-0.05, 0) is 13.8 Å². The zero-order valence-corrected chi connectivity index (χ0v) is 13.7. The van der Waals surface area contributed by atoms with Crippen molar-refractivity contribution in [1.82, 2.24) is 20.5 Å². The topological polar surface area (TPSA) is 74.3 Å². The highest BCUT2D eigenvalue weighted by molar-refractivity contribution is 7.11. The van der Waals surface area contributed by atoms with Crippen molar-refractivity contribution in [3.8, 4) is 0 Å². The molecule has 1 aliphatic heterocycles. The number of nitrogens with zero attached hydrogens (tertiary/aromatic N) is 2. The molecule has 1 aliphatic rings. The van der Waals surface area contributed by atoms with Crippen LogP contribution in [0.5, 0.6) is 0 Å². The quantitative estimate of drug-likeness (QED) is 0.785. The highest BCUT2D eigenvalue weighted by atomic mass is 32.1. The second kappa shape index (κ2) is 6.53. The van der Waals surface area contributed by atoms with E-state index in [1.165, 1.54) is 9.78 Å². The molecule has 1 saturated heterocycles. The summed E-state index contributed by atoms with van der Waals surface area (Å²) in [4.78, 5) is 29.9. The Bertz CT molecular complexity index is 525. The average molecular weight is 310 g/mol. The van der Waals surface area contributed by atoms with E-state index in [4.69, 9.17) is 0 Å². The van der Waals surface area contributed by atoms with Gasteiger partial charge in [-0.3, -0.25) is 9.69 Å². The Morgan fingerprint density at radius 2 is 2.10 bits per heavy atom. The maximum Gasteiger partial charge on any atom is 0.324 e. The van der Waals surface area contributed by atoms with Crippen molar-refractivity contribution in [2.24, 2.45) is 0 Å². The van der Waals surface area contributed by atoms with Crippen LogP contribution in [0.2, 0.25) is 0 Å². The highest BCUT2D eigenvalue weighted by Crippen LogP contribution is 2.29. The molecule has 0 radical (unpaired) electrons. The van der Waals surface area contributed by atoms with Gasteiger partial charge >= 0.3 is 6.03 Å². The lowest BCUT2D eigenvalue weighted by molar-refractivity contribution is -0.124. The molecule has 1 aromatic rings. The Morgan fingerprint density at radius 1 is 1.38 bits per heavy atom. The van der Waals surface area contributed by atoms with Crippen LogP contribution in [0.25, 0.3) is 0 Å². The molecule has 2 heterocycles. The van der Waals surface area contributed by atoms with E-state index in [0.717, 1.165) is 10.7 Å². The number of nitrogens with one attached hydrogen (secondary N) is 2. The zero-order chi connectivity index (χ0) is 15.6. The molecule has 1 aromatic heterocycles. The van der Waals surface area contributed by atoms with Crippen molar-refractivity contribution >= 4 is 23.3 Å². The van der Waals surface area contributed by atoms with Crippen LogP contribution in [-0.2, 0) is 4.79 Å². The van der Waals surface area contributed by atoms with E-state index >= 15 is 0 Å². The highest BCUT2D eigenvalue weighted by Gasteiger charge is 2.27. The Kier molecular flexibility index (Phi) is 4.95. The van der Waals surface area contributed by atoms with E-state index in [1.54, 1.807) is 11.3 Å². The van der Waals surface area contributed by atoms with Gasteiger partial charge in [0.15, 0.2) is 0 Å². The molecule has 0 unspecified atom stereocenters. The normalized spacial score (nSPS) is 16.7. The molecule has 2 N–H and O–H groups in total. The Hall–Kier alpha value is -1.47. The van der Waals surface area contributed by atoms with Crippen LogP contribution in [0.3, 0.4) is 0 Å². The molecule has 1 atom stereocenters. The Morgan fingerprint density at radius 3 is 2.62 bits per heavy atom. The number of carbonyl (C=O) groups excluding carboxylic acids is 2. The number of carbonyl (C=O) groups is 2. The van der Waals surface area contributed by atoms with Gasteiger partial charge in [0.1, 0.15) is 0 Å². The zero-order valence-electron chi connectivity index (χ0n) is 12.9. The maximum absolute atomic E-state index is 11.5. The molecule has 0 aliphatic carbocycles. The number of urea groups is 1. The fraction of sp³-hybridized carbons (Fsp3) is 0.643. The van der Waals surface area contributed by atoms with Gasteiger partial charge in [0, 0.05) is 29.9 Å². The van der Waals surface area contributed by atoms with E-state index in [0.29, 0.717) is 19.0 Å². The van der Waals surface area contributed by atoms with Crippen LogP contribution in [0.15, 0.2) is 0 Å².